The molecule has 0 aromatic heterocycles. The third-order valence-electron chi connectivity index (χ3n) is 3.13. The molecule has 0 saturated carbocycles. The summed E-state index contributed by atoms with van der Waals surface area (Å²) in [5, 5.41) is 0. The van der Waals surface area contributed by atoms with Gasteiger partial charge in [0.05, 0.1) is 14.2 Å². The minimum atomic E-state index is 0.0107. The second kappa shape index (κ2) is 5.76. The van der Waals surface area contributed by atoms with Gasteiger partial charge in [-0.05, 0) is 30.2 Å². The van der Waals surface area contributed by atoms with E-state index in [1.54, 1.807) is 14.2 Å². The van der Waals surface area contributed by atoms with E-state index in [1.165, 1.54) is 0 Å². The Balaban J connectivity index is 2.55. The molecule has 2 N–H and O–H groups in total. The van der Waals surface area contributed by atoms with Crippen LogP contribution in [0.25, 0.3) is 11.1 Å². The number of methoxy groups -OCH3 is 2. The molecule has 0 spiro atoms. The van der Waals surface area contributed by atoms with Gasteiger partial charge < -0.3 is 15.2 Å². The molecule has 2 aromatic carbocycles. The van der Waals surface area contributed by atoms with Gasteiger partial charge in [-0.1, -0.05) is 30.3 Å². The first-order chi connectivity index (χ1) is 9.17. The molecule has 100 valence electrons. The summed E-state index contributed by atoms with van der Waals surface area (Å²) in [5.74, 6) is 1.47. The minimum absolute atomic E-state index is 0.0107. The highest BCUT2D eigenvalue weighted by molar-refractivity contribution is 5.74. The fourth-order valence-electron chi connectivity index (χ4n) is 2.10. The number of hydrogen-bond acceptors (Lipinski definition) is 3. The van der Waals surface area contributed by atoms with Crippen LogP contribution in [0.2, 0.25) is 0 Å². The van der Waals surface area contributed by atoms with Gasteiger partial charge in [-0.3, -0.25) is 0 Å². The second-order valence-electron chi connectivity index (χ2n) is 4.46. The zero-order valence-corrected chi connectivity index (χ0v) is 11.5. The van der Waals surface area contributed by atoms with E-state index >= 15 is 0 Å². The third-order valence-corrected chi connectivity index (χ3v) is 3.13. The van der Waals surface area contributed by atoms with Crippen molar-refractivity contribution in [2.75, 3.05) is 14.2 Å². The molecule has 0 amide bonds. The van der Waals surface area contributed by atoms with E-state index in [4.69, 9.17) is 15.2 Å². The molecule has 2 aromatic rings. The van der Waals surface area contributed by atoms with Crippen molar-refractivity contribution in [1.82, 2.24) is 0 Å². The van der Waals surface area contributed by atoms with Crippen molar-refractivity contribution in [2.24, 2.45) is 5.73 Å². The quantitative estimate of drug-likeness (QED) is 0.913. The van der Waals surface area contributed by atoms with E-state index in [0.29, 0.717) is 0 Å². The number of benzene rings is 2. The molecule has 0 aliphatic carbocycles. The number of ether oxygens (including phenoxy) is 2. The van der Waals surface area contributed by atoms with Crippen molar-refractivity contribution in [1.29, 1.82) is 0 Å². The summed E-state index contributed by atoms with van der Waals surface area (Å²) < 4.78 is 10.8. The van der Waals surface area contributed by atoms with E-state index in [2.05, 4.69) is 6.07 Å². The molecular weight excluding hydrogens is 238 g/mol. The van der Waals surface area contributed by atoms with Gasteiger partial charge in [0.2, 0.25) is 0 Å². The average molecular weight is 257 g/mol. The maximum Gasteiger partial charge on any atom is 0.168 e. The number of hydrogen-bond donors (Lipinski definition) is 1. The topological polar surface area (TPSA) is 44.5 Å². The van der Waals surface area contributed by atoms with E-state index in [9.17, 15) is 0 Å². The molecule has 0 saturated heterocycles. The summed E-state index contributed by atoms with van der Waals surface area (Å²) in [6.45, 7) is 1.97. The monoisotopic (exact) mass is 257 g/mol. The molecule has 0 aliphatic rings. The summed E-state index contributed by atoms with van der Waals surface area (Å²) in [6.07, 6.45) is 0. The smallest absolute Gasteiger partial charge is 0.168 e. The third kappa shape index (κ3) is 2.71. The lowest BCUT2D eigenvalue weighted by molar-refractivity contribution is 0.356. The van der Waals surface area contributed by atoms with Gasteiger partial charge in [-0.15, -0.1) is 0 Å². The van der Waals surface area contributed by atoms with Gasteiger partial charge in [-0.25, -0.2) is 0 Å². The summed E-state index contributed by atoms with van der Waals surface area (Å²) >= 11 is 0. The van der Waals surface area contributed by atoms with Crippen molar-refractivity contribution < 1.29 is 9.47 Å². The first kappa shape index (κ1) is 13.4. The van der Waals surface area contributed by atoms with Crippen LogP contribution < -0.4 is 15.2 Å². The molecule has 2 rings (SSSR count). The molecule has 3 heteroatoms. The van der Waals surface area contributed by atoms with Crippen LogP contribution in [0.15, 0.2) is 42.5 Å². The van der Waals surface area contributed by atoms with Crippen LogP contribution in [0.1, 0.15) is 18.5 Å². The predicted molar refractivity (Wildman–Crippen MR) is 77.6 cm³/mol. The Labute approximate surface area is 114 Å². The molecular formula is C16H19NO2. The summed E-state index contributed by atoms with van der Waals surface area (Å²) in [7, 11) is 3.29. The highest BCUT2D eigenvalue weighted by Gasteiger charge is 2.12. The molecule has 0 aliphatic heterocycles. The highest BCUT2D eigenvalue weighted by atomic mass is 16.5. The van der Waals surface area contributed by atoms with Crippen LogP contribution >= 0.6 is 0 Å². The number of nitrogens with two attached hydrogens (primary N) is 1. The zero-order chi connectivity index (χ0) is 13.8. The zero-order valence-electron chi connectivity index (χ0n) is 11.5. The Hall–Kier alpha value is -2.00. The fourth-order valence-corrected chi connectivity index (χ4v) is 2.10. The first-order valence-corrected chi connectivity index (χ1v) is 6.24. The Bertz CT molecular complexity index is 564. The Morgan fingerprint density at radius 3 is 2.37 bits per heavy atom. The molecule has 19 heavy (non-hydrogen) atoms. The predicted octanol–water partition coefficient (Wildman–Crippen LogP) is 3.39. The van der Waals surface area contributed by atoms with Crippen LogP contribution in [0.4, 0.5) is 0 Å². The molecule has 0 fully saturated rings. The lowest BCUT2D eigenvalue weighted by Gasteiger charge is -2.14. The van der Waals surface area contributed by atoms with Crippen molar-refractivity contribution in [3.8, 4) is 22.6 Å². The Kier molecular flexibility index (Phi) is 4.07. The van der Waals surface area contributed by atoms with Gasteiger partial charge >= 0.3 is 0 Å². The van der Waals surface area contributed by atoms with Gasteiger partial charge in [0, 0.05) is 11.6 Å². The van der Waals surface area contributed by atoms with Gasteiger partial charge in [-0.2, -0.15) is 0 Å². The van der Waals surface area contributed by atoms with Gasteiger partial charge in [0.15, 0.2) is 11.5 Å². The molecule has 0 heterocycles. The van der Waals surface area contributed by atoms with E-state index in [0.717, 1.165) is 28.2 Å². The minimum Gasteiger partial charge on any atom is -0.493 e. The SMILES string of the molecule is COc1cccc(-c2cccc(C(C)N)c2)c1OC. The normalized spacial score (nSPS) is 12.0. The molecule has 3 nitrogen and oxygen atoms in total. The van der Waals surface area contributed by atoms with Crippen LogP contribution in [0.5, 0.6) is 11.5 Å². The van der Waals surface area contributed by atoms with Crippen molar-refractivity contribution in [2.45, 2.75) is 13.0 Å². The largest absolute Gasteiger partial charge is 0.493 e. The highest BCUT2D eigenvalue weighted by Crippen LogP contribution is 2.38. The van der Waals surface area contributed by atoms with Gasteiger partial charge in [0.1, 0.15) is 0 Å². The maximum absolute atomic E-state index is 5.93. The van der Waals surface area contributed by atoms with Crippen LogP contribution in [-0.2, 0) is 0 Å². The van der Waals surface area contributed by atoms with Crippen LogP contribution in [0.3, 0.4) is 0 Å². The van der Waals surface area contributed by atoms with Crippen molar-refractivity contribution in [3.05, 3.63) is 48.0 Å². The van der Waals surface area contributed by atoms with Crippen molar-refractivity contribution >= 4 is 0 Å². The van der Waals surface area contributed by atoms with Crippen LogP contribution in [-0.4, -0.2) is 14.2 Å². The summed E-state index contributed by atoms with van der Waals surface area (Å²) in [5.41, 5.74) is 9.11. The van der Waals surface area contributed by atoms with Gasteiger partial charge in [0.25, 0.3) is 0 Å². The fraction of sp³-hybridized carbons (Fsp3) is 0.250. The Morgan fingerprint density at radius 2 is 1.74 bits per heavy atom. The average Bonchev–Trinajstić information content (AvgIpc) is 2.46. The molecule has 0 radical (unpaired) electrons. The lowest BCUT2D eigenvalue weighted by atomic mass is 9.99. The van der Waals surface area contributed by atoms with Crippen LogP contribution in [0, 0.1) is 0 Å². The first-order valence-electron chi connectivity index (χ1n) is 6.24. The number of rotatable bonds is 4. The van der Waals surface area contributed by atoms with E-state index in [1.807, 2.05) is 43.3 Å². The molecule has 1 unspecified atom stereocenters. The van der Waals surface area contributed by atoms with E-state index in [-0.39, 0.29) is 6.04 Å². The summed E-state index contributed by atoms with van der Waals surface area (Å²) in [6, 6.07) is 14.0. The number of para-hydroxylation sites is 1. The molecule has 0 bridgehead atoms. The standard InChI is InChI=1S/C16H19NO2/c1-11(17)12-6-4-7-13(10-12)14-8-5-9-15(18-2)16(14)19-3/h4-11H,17H2,1-3H3. The Morgan fingerprint density at radius 1 is 1.00 bits per heavy atom. The lowest BCUT2D eigenvalue weighted by Crippen LogP contribution is -2.04. The maximum atomic E-state index is 5.93. The second-order valence-corrected chi connectivity index (χ2v) is 4.46. The van der Waals surface area contributed by atoms with E-state index < -0.39 is 0 Å². The summed E-state index contributed by atoms with van der Waals surface area (Å²) in [4.78, 5) is 0. The van der Waals surface area contributed by atoms with Crippen molar-refractivity contribution in [3.63, 3.8) is 0 Å². The molecule has 1 atom stereocenters.